The van der Waals surface area contributed by atoms with Crippen molar-refractivity contribution in [1.29, 1.82) is 5.41 Å². The van der Waals surface area contributed by atoms with Crippen molar-refractivity contribution in [3.8, 4) is 11.6 Å². The number of hydrogen-bond acceptors (Lipinski definition) is 7. The van der Waals surface area contributed by atoms with Gasteiger partial charge >= 0.3 is 0 Å². The smallest absolute Gasteiger partial charge is 0.239 e. The average molecular weight is 555 g/mol. The predicted octanol–water partition coefficient (Wildman–Crippen LogP) is 4.58. The van der Waals surface area contributed by atoms with E-state index < -0.39 is 17.6 Å². The Morgan fingerprint density at radius 3 is 2.63 bits per heavy atom. The Hall–Kier alpha value is -4.93. The molecule has 6 rings (SSSR count). The number of amides is 2. The molecule has 2 fully saturated rings. The van der Waals surface area contributed by atoms with Crippen molar-refractivity contribution in [3.05, 3.63) is 78.4 Å². The number of rotatable bonds is 9. The highest BCUT2D eigenvalue weighted by Crippen LogP contribution is 2.31. The average Bonchev–Trinajstić information content (AvgIpc) is 3.74. The molecule has 1 saturated heterocycles. The van der Waals surface area contributed by atoms with E-state index in [1.165, 1.54) is 22.7 Å². The molecule has 0 bridgehead atoms. The first-order valence-corrected chi connectivity index (χ1v) is 13.5. The number of aromatic nitrogens is 3. The minimum Gasteiger partial charge on any atom is -0.434 e. The van der Waals surface area contributed by atoms with Gasteiger partial charge in [0.1, 0.15) is 5.92 Å². The molecule has 1 aliphatic heterocycles. The lowest BCUT2D eigenvalue weighted by atomic mass is 9.95. The summed E-state index contributed by atoms with van der Waals surface area (Å²) in [5.41, 5.74) is 2.01. The van der Waals surface area contributed by atoms with Crippen molar-refractivity contribution in [3.63, 3.8) is 0 Å². The summed E-state index contributed by atoms with van der Waals surface area (Å²) in [6, 6.07) is 16.4. The summed E-state index contributed by atoms with van der Waals surface area (Å²) in [4.78, 5) is 44.1. The van der Waals surface area contributed by atoms with Crippen LogP contribution in [0.2, 0.25) is 0 Å². The number of hydrogen-bond donors (Lipinski definition) is 2. The highest BCUT2D eigenvalue weighted by atomic mass is 19.1. The van der Waals surface area contributed by atoms with E-state index in [0.717, 1.165) is 24.6 Å². The third-order valence-electron chi connectivity index (χ3n) is 7.19. The normalized spacial score (nSPS) is 17.0. The predicted molar refractivity (Wildman–Crippen MR) is 149 cm³/mol. The van der Waals surface area contributed by atoms with Crippen molar-refractivity contribution in [2.75, 3.05) is 16.8 Å². The highest BCUT2D eigenvalue weighted by Gasteiger charge is 2.35. The van der Waals surface area contributed by atoms with E-state index in [1.807, 2.05) is 30.3 Å². The van der Waals surface area contributed by atoms with Crippen LogP contribution in [0.3, 0.4) is 0 Å². The van der Waals surface area contributed by atoms with Gasteiger partial charge in [-0.05, 0) is 56.0 Å². The van der Waals surface area contributed by atoms with Gasteiger partial charge in [0.15, 0.2) is 23.0 Å². The molecule has 4 aromatic rings. The van der Waals surface area contributed by atoms with Crippen LogP contribution in [0.1, 0.15) is 31.4 Å². The zero-order chi connectivity index (χ0) is 28.5. The van der Waals surface area contributed by atoms with E-state index in [1.54, 1.807) is 17.2 Å². The Bertz CT molecular complexity index is 1670. The van der Waals surface area contributed by atoms with Gasteiger partial charge in [0.25, 0.3) is 0 Å². The van der Waals surface area contributed by atoms with Crippen LogP contribution in [-0.2, 0) is 20.8 Å². The second kappa shape index (κ2) is 10.9. The van der Waals surface area contributed by atoms with Gasteiger partial charge in [-0.15, -0.1) is 5.10 Å². The molecule has 208 valence electrons. The van der Waals surface area contributed by atoms with E-state index in [2.05, 4.69) is 15.4 Å². The first-order valence-electron chi connectivity index (χ1n) is 13.5. The molecule has 41 heavy (non-hydrogen) atoms. The van der Waals surface area contributed by atoms with E-state index in [-0.39, 0.29) is 47.1 Å². The number of nitrogens with zero attached hydrogens (tertiary/aromatic N) is 4. The number of halogens is 1. The van der Waals surface area contributed by atoms with Crippen molar-refractivity contribution in [1.82, 2.24) is 14.6 Å². The molecule has 2 aromatic carbocycles. The van der Waals surface area contributed by atoms with Crippen LogP contribution in [0.5, 0.6) is 11.6 Å². The van der Waals surface area contributed by atoms with Crippen LogP contribution in [0.25, 0.3) is 5.65 Å². The molecule has 2 aromatic heterocycles. The quantitative estimate of drug-likeness (QED) is 0.230. The largest absolute Gasteiger partial charge is 0.434 e. The van der Waals surface area contributed by atoms with Gasteiger partial charge in [-0.3, -0.25) is 14.4 Å². The third-order valence-corrected chi connectivity index (χ3v) is 7.19. The lowest BCUT2D eigenvalue weighted by Crippen LogP contribution is -2.46. The Kier molecular flexibility index (Phi) is 7.00. The zero-order valence-electron chi connectivity index (χ0n) is 22.0. The highest BCUT2D eigenvalue weighted by molar-refractivity contribution is 6.40. The number of nitrogens with one attached hydrogen (secondary N) is 2. The molecule has 10 nitrogen and oxygen atoms in total. The van der Waals surface area contributed by atoms with Gasteiger partial charge in [0.05, 0.1) is 17.6 Å². The van der Waals surface area contributed by atoms with Gasteiger partial charge in [0.2, 0.25) is 17.7 Å². The SMILES string of the molecule is N=C(Cc1cn2nc(Oc3ccc(NC(=O)C4CCCN(c5ccccc5)C4=O)cc3F)ccc2n1)C(=O)C1CC1. The van der Waals surface area contributed by atoms with Gasteiger partial charge in [-0.1, -0.05) is 18.2 Å². The number of benzene rings is 2. The number of ketones is 1. The Morgan fingerprint density at radius 2 is 1.88 bits per heavy atom. The lowest BCUT2D eigenvalue weighted by molar-refractivity contribution is -0.132. The fraction of sp³-hybridized carbons (Fsp3) is 0.267. The molecular formula is C30H27FN6O4. The standard InChI is InChI=1S/C30H27FN6O4/c31-23-15-19(34-29(39)22-7-4-14-36(30(22)40)21-5-2-1-3-6-21)10-11-25(23)41-27-13-12-26-33-20(17-37(26)35-27)16-24(32)28(38)18-8-9-18/h1-3,5-6,10-13,15,17-18,22,32H,4,7-9,14,16H2,(H,34,39). The van der Waals surface area contributed by atoms with Crippen molar-refractivity contribution in [2.45, 2.75) is 32.1 Å². The molecule has 1 saturated carbocycles. The van der Waals surface area contributed by atoms with Crippen LogP contribution in [0.15, 0.2) is 66.9 Å². The number of carbonyl (C=O) groups is 3. The topological polar surface area (TPSA) is 130 Å². The molecule has 1 aliphatic carbocycles. The summed E-state index contributed by atoms with van der Waals surface area (Å²) in [5.74, 6) is -2.50. The maximum atomic E-state index is 14.9. The fourth-order valence-electron chi connectivity index (χ4n) is 4.90. The number of ether oxygens (including phenoxy) is 1. The molecule has 1 unspecified atom stereocenters. The Morgan fingerprint density at radius 1 is 1.07 bits per heavy atom. The zero-order valence-corrected chi connectivity index (χ0v) is 22.0. The maximum absolute atomic E-state index is 14.9. The number of carbonyl (C=O) groups excluding carboxylic acids is 3. The van der Waals surface area contributed by atoms with Crippen LogP contribution in [-0.4, -0.2) is 44.5 Å². The molecular weight excluding hydrogens is 527 g/mol. The fourth-order valence-corrected chi connectivity index (χ4v) is 4.90. The van der Waals surface area contributed by atoms with Crippen LogP contribution in [0.4, 0.5) is 15.8 Å². The summed E-state index contributed by atoms with van der Waals surface area (Å²) in [5, 5.41) is 15.0. The van der Waals surface area contributed by atoms with Gasteiger partial charge < -0.3 is 20.4 Å². The lowest BCUT2D eigenvalue weighted by Gasteiger charge is -2.31. The van der Waals surface area contributed by atoms with Crippen molar-refractivity contribution in [2.24, 2.45) is 11.8 Å². The van der Waals surface area contributed by atoms with E-state index in [0.29, 0.717) is 30.7 Å². The first kappa shape index (κ1) is 26.3. The summed E-state index contributed by atoms with van der Waals surface area (Å²) < 4.78 is 22.0. The van der Waals surface area contributed by atoms with Crippen LogP contribution >= 0.6 is 0 Å². The molecule has 0 radical (unpaired) electrons. The van der Waals surface area contributed by atoms with Crippen LogP contribution in [0, 0.1) is 23.1 Å². The van der Waals surface area contributed by atoms with E-state index in [4.69, 9.17) is 10.1 Å². The van der Waals surface area contributed by atoms with Crippen molar-refractivity contribution < 1.29 is 23.5 Å². The number of fused-ring (bicyclic) bond motifs is 1. The Labute approximate surface area is 234 Å². The number of piperidine rings is 1. The third kappa shape index (κ3) is 5.69. The molecule has 11 heteroatoms. The van der Waals surface area contributed by atoms with Crippen molar-refractivity contribution >= 4 is 40.3 Å². The number of anilines is 2. The van der Waals surface area contributed by atoms with E-state index >= 15 is 0 Å². The van der Waals surface area contributed by atoms with Gasteiger partial charge in [-0.2, -0.15) is 0 Å². The molecule has 1 atom stereocenters. The monoisotopic (exact) mass is 554 g/mol. The molecule has 2 aliphatic rings. The molecule has 3 heterocycles. The second-order valence-electron chi connectivity index (χ2n) is 10.3. The summed E-state index contributed by atoms with van der Waals surface area (Å²) in [6.45, 7) is 0.539. The van der Waals surface area contributed by atoms with Gasteiger partial charge in [0, 0.05) is 42.4 Å². The minimum absolute atomic E-state index is 0.0213. The minimum atomic E-state index is -0.866. The van der Waals surface area contributed by atoms with E-state index in [9.17, 15) is 18.8 Å². The second-order valence-corrected chi connectivity index (χ2v) is 10.3. The molecule has 2 amide bonds. The van der Waals surface area contributed by atoms with Crippen LogP contribution < -0.4 is 15.0 Å². The maximum Gasteiger partial charge on any atom is 0.239 e. The number of imidazole rings is 1. The summed E-state index contributed by atoms with van der Waals surface area (Å²) >= 11 is 0. The summed E-state index contributed by atoms with van der Waals surface area (Å²) in [7, 11) is 0. The summed E-state index contributed by atoms with van der Waals surface area (Å²) in [6.07, 6.45) is 4.50. The number of Topliss-reactive ketones (excluding diaryl/α,β-unsaturated/α-hetero) is 1. The number of para-hydroxylation sites is 1. The molecule has 0 spiro atoms. The Balaban J connectivity index is 1.10. The van der Waals surface area contributed by atoms with Gasteiger partial charge in [-0.25, -0.2) is 13.9 Å². The molecule has 2 N–H and O–H groups in total. The first-order chi connectivity index (χ1) is 19.9.